The van der Waals surface area contributed by atoms with Crippen LogP contribution in [0.25, 0.3) is 0 Å². The van der Waals surface area contributed by atoms with Crippen LogP contribution in [-0.4, -0.2) is 87.7 Å². The molecule has 0 radical (unpaired) electrons. The minimum absolute atomic E-state index is 0. The van der Waals surface area contributed by atoms with Crippen molar-refractivity contribution in [2.45, 2.75) is 19.5 Å². The molecular formula is C16H32IN7S. The molecule has 1 aromatic heterocycles. The Morgan fingerprint density at radius 3 is 2.76 bits per heavy atom. The van der Waals surface area contributed by atoms with E-state index >= 15 is 0 Å². The van der Waals surface area contributed by atoms with E-state index < -0.39 is 0 Å². The lowest BCUT2D eigenvalue weighted by Crippen LogP contribution is -2.55. The third-order valence-corrected chi connectivity index (χ3v) is 5.21. The quantitative estimate of drug-likeness (QED) is 0.361. The van der Waals surface area contributed by atoms with Crippen molar-refractivity contribution in [3.05, 3.63) is 11.1 Å². The maximum atomic E-state index is 4.67. The highest BCUT2D eigenvalue weighted by atomic mass is 127. The Morgan fingerprint density at radius 2 is 2.12 bits per heavy atom. The van der Waals surface area contributed by atoms with E-state index in [2.05, 4.69) is 56.8 Å². The largest absolute Gasteiger partial charge is 0.357 e. The van der Waals surface area contributed by atoms with Crippen molar-refractivity contribution in [2.24, 2.45) is 4.99 Å². The Hall–Kier alpha value is -0.650. The number of rotatable bonds is 6. The van der Waals surface area contributed by atoms with E-state index in [1.807, 2.05) is 19.0 Å². The van der Waals surface area contributed by atoms with Crippen molar-refractivity contribution in [3.8, 4) is 0 Å². The van der Waals surface area contributed by atoms with Gasteiger partial charge >= 0.3 is 0 Å². The van der Waals surface area contributed by atoms with Gasteiger partial charge in [-0.1, -0.05) is 0 Å². The van der Waals surface area contributed by atoms with E-state index in [4.69, 9.17) is 0 Å². The third kappa shape index (κ3) is 7.24. The molecule has 0 spiro atoms. The van der Waals surface area contributed by atoms with Gasteiger partial charge < -0.3 is 20.4 Å². The zero-order valence-electron chi connectivity index (χ0n) is 15.9. The molecule has 25 heavy (non-hydrogen) atoms. The summed E-state index contributed by atoms with van der Waals surface area (Å²) >= 11 is 1.65. The summed E-state index contributed by atoms with van der Waals surface area (Å²) in [6, 6.07) is 0.507. The zero-order valence-corrected chi connectivity index (χ0v) is 19.1. The van der Waals surface area contributed by atoms with Crippen LogP contribution in [0.2, 0.25) is 0 Å². The molecule has 0 aliphatic carbocycles. The molecule has 0 amide bonds. The van der Waals surface area contributed by atoms with Gasteiger partial charge in [0.1, 0.15) is 0 Å². The molecule has 1 unspecified atom stereocenters. The fourth-order valence-corrected chi connectivity index (χ4v) is 3.36. The number of halogens is 1. The highest BCUT2D eigenvalue weighted by Gasteiger charge is 2.22. The second-order valence-corrected chi connectivity index (χ2v) is 7.33. The topological polar surface area (TPSA) is 59.0 Å². The highest BCUT2D eigenvalue weighted by molar-refractivity contribution is 14.0. The average Bonchev–Trinajstić information content (AvgIpc) is 3.02. The molecule has 2 N–H and O–H groups in total. The third-order valence-electron chi connectivity index (χ3n) is 4.15. The molecule has 1 saturated heterocycles. The first kappa shape index (κ1) is 22.4. The molecule has 1 atom stereocenters. The first-order valence-electron chi connectivity index (χ1n) is 8.52. The summed E-state index contributed by atoms with van der Waals surface area (Å²) in [5.41, 5.74) is 1.01. The Labute approximate surface area is 172 Å². The summed E-state index contributed by atoms with van der Waals surface area (Å²) in [5.74, 6) is 0.860. The molecule has 1 aromatic rings. The van der Waals surface area contributed by atoms with Crippen molar-refractivity contribution in [1.82, 2.24) is 25.4 Å². The van der Waals surface area contributed by atoms with Crippen molar-refractivity contribution < 1.29 is 0 Å². The Morgan fingerprint density at radius 1 is 1.36 bits per heavy atom. The second kappa shape index (κ2) is 11.1. The SMILES string of the molecule is CCNC(=NCc1csc(N(C)C)n1)NCC1CN(C)CCN1C.I. The number of thiazole rings is 1. The standard InChI is InChI=1S/C16H31N7S.HI/c1-6-17-15(18-9-13-12-24-16(20-13)21(2)3)19-10-14-11-22(4)7-8-23(14)5;/h12,14H,6-11H2,1-5H3,(H2,17,18,19);1H. The summed E-state index contributed by atoms with van der Waals surface area (Å²) in [4.78, 5) is 16.1. The molecule has 0 saturated carbocycles. The normalized spacial score (nSPS) is 19.4. The van der Waals surface area contributed by atoms with Gasteiger partial charge in [0.25, 0.3) is 0 Å². The van der Waals surface area contributed by atoms with Gasteiger partial charge in [0.2, 0.25) is 0 Å². The lowest BCUT2D eigenvalue weighted by molar-refractivity contribution is 0.116. The van der Waals surface area contributed by atoms with Crippen LogP contribution in [0, 0.1) is 0 Å². The van der Waals surface area contributed by atoms with E-state index in [9.17, 15) is 0 Å². The predicted molar refractivity (Wildman–Crippen MR) is 119 cm³/mol. The van der Waals surface area contributed by atoms with Crippen LogP contribution < -0.4 is 15.5 Å². The van der Waals surface area contributed by atoms with E-state index in [1.165, 1.54) is 0 Å². The number of hydrogen-bond donors (Lipinski definition) is 2. The van der Waals surface area contributed by atoms with Crippen LogP contribution in [0.15, 0.2) is 10.4 Å². The van der Waals surface area contributed by atoms with Gasteiger partial charge in [-0.2, -0.15) is 0 Å². The fraction of sp³-hybridized carbons (Fsp3) is 0.750. The van der Waals surface area contributed by atoms with Crippen LogP contribution in [0.1, 0.15) is 12.6 Å². The number of aromatic nitrogens is 1. The van der Waals surface area contributed by atoms with Gasteiger partial charge in [0, 0.05) is 58.2 Å². The van der Waals surface area contributed by atoms with Crippen molar-refractivity contribution in [1.29, 1.82) is 0 Å². The fourth-order valence-electron chi connectivity index (χ4n) is 2.61. The maximum absolute atomic E-state index is 4.67. The molecule has 0 aromatic carbocycles. The number of nitrogens with zero attached hydrogens (tertiary/aromatic N) is 5. The number of nitrogens with one attached hydrogen (secondary N) is 2. The molecule has 1 fully saturated rings. The van der Waals surface area contributed by atoms with E-state index in [0.29, 0.717) is 12.6 Å². The molecule has 9 heteroatoms. The number of hydrogen-bond acceptors (Lipinski definition) is 6. The van der Waals surface area contributed by atoms with Crippen LogP contribution in [0.3, 0.4) is 0 Å². The van der Waals surface area contributed by atoms with E-state index in [0.717, 1.165) is 49.5 Å². The molecule has 1 aliphatic heterocycles. The molecular weight excluding hydrogens is 449 g/mol. The molecule has 0 bridgehead atoms. The Bertz CT molecular complexity index is 534. The van der Waals surface area contributed by atoms with E-state index in [1.54, 1.807) is 11.3 Å². The van der Waals surface area contributed by atoms with Crippen molar-refractivity contribution >= 4 is 46.4 Å². The minimum Gasteiger partial charge on any atom is -0.357 e. The lowest BCUT2D eigenvalue weighted by atomic mass is 10.2. The number of piperazine rings is 1. The Balaban J connectivity index is 0.00000312. The maximum Gasteiger partial charge on any atom is 0.191 e. The van der Waals surface area contributed by atoms with Crippen LogP contribution in [-0.2, 0) is 6.54 Å². The van der Waals surface area contributed by atoms with Gasteiger partial charge in [-0.25, -0.2) is 9.98 Å². The Kier molecular flexibility index (Phi) is 9.98. The first-order valence-corrected chi connectivity index (χ1v) is 9.40. The number of aliphatic imine (C=N–C) groups is 1. The molecule has 2 heterocycles. The van der Waals surface area contributed by atoms with Crippen molar-refractivity contribution in [3.63, 3.8) is 0 Å². The average molecular weight is 481 g/mol. The van der Waals surface area contributed by atoms with Gasteiger partial charge in [-0.3, -0.25) is 4.90 Å². The van der Waals surface area contributed by atoms with Gasteiger partial charge in [0.15, 0.2) is 11.1 Å². The summed E-state index contributed by atoms with van der Waals surface area (Å²) in [5, 5.41) is 9.89. The molecule has 144 valence electrons. The summed E-state index contributed by atoms with van der Waals surface area (Å²) in [6.45, 7) is 7.77. The molecule has 2 rings (SSSR count). The molecule has 1 aliphatic rings. The lowest BCUT2D eigenvalue weighted by Gasteiger charge is -2.37. The summed E-state index contributed by atoms with van der Waals surface area (Å²) < 4.78 is 0. The summed E-state index contributed by atoms with van der Waals surface area (Å²) in [6.07, 6.45) is 0. The zero-order chi connectivity index (χ0) is 17.5. The van der Waals surface area contributed by atoms with Gasteiger partial charge in [-0.05, 0) is 21.0 Å². The minimum atomic E-state index is 0. The number of anilines is 1. The van der Waals surface area contributed by atoms with Crippen molar-refractivity contribution in [2.75, 3.05) is 65.8 Å². The second-order valence-electron chi connectivity index (χ2n) is 6.49. The first-order chi connectivity index (χ1) is 11.5. The monoisotopic (exact) mass is 481 g/mol. The van der Waals surface area contributed by atoms with E-state index in [-0.39, 0.29) is 24.0 Å². The molecule has 7 nitrogen and oxygen atoms in total. The number of guanidine groups is 1. The van der Waals surface area contributed by atoms with Gasteiger partial charge in [-0.15, -0.1) is 35.3 Å². The summed E-state index contributed by atoms with van der Waals surface area (Å²) in [7, 11) is 8.40. The van der Waals surface area contributed by atoms with Gasteiger partial charge in [0.05, 0.1) is 12.2 Å². The van der Waals surface area contributed by atoms with Crippen LogP contribution in [0.5, 0.6) is 0 Å². The predicted octanol–water partition coefficient (Wildman–Crippen LogP) is 1.13. The highest BCUT2D eigenvalue weighted by Crippen LogP contribution is 2.18. The number of likely N-dealkylation sites (N-methyl/N-ethyl adjacent to an activating group) is 2. The van der Waals surface area contributed by atoms with Crippen LogP contribution >= 0.6 is 35.3 Å². The smallest absolute Gasteiger partial charge is 0.191 e. The van der Waals surface area contributed by atoms with Crippen LogP contribution in [0.4, 0.5) is 5.13 Å².